The molecule has 1 saturated carbocycles. The zero-order valence-electron chi connectivity index (χ0n) is 17.6. The van der Waals surface area contributed by atoms with Crippen molar-refractivity contribution in [2.24, 2.45) is 0 Å². The van der Waals surface area contributed by atoms with Gasteiger partial charge in [-0.05, 0) is 55.7 Å². The van der Waals surface area contributed by atoms with Crippen molar-refractivity contribution in [3.63, 3.8) is 0 Å². The largest absolute Gasteiger partial charge is 0.497 e. The van der Waals surface area contributed by atoms with Crippen LogP contribution in [0.2, 0.25) is 0 Å². The molecule has 9 heteroatoms. The lowest BCUT2D eigenvalue weighted by Crippen LogP contribution is -2.52. The third-order valence-electron chi connectivity index (χ3n) is 5.31. The van der Waals surface area contributed by atoms with Crippen LogP contribution in [-0.2, 0) is 10.0 Å². The number of anilines is 1. The molecule has 0 saturated heterocycles. The predicted octanol–water partition coefficient (Wildman–Crippen LogP) is 4.27. The summed E-state index contributed by atoms with van der Waals surface area (Å²) in [4.78, 5) is 25.5. The predicted molar refractivity (Wildman–Crippen MR) is 118 cm³/mol. The molecule has 0 atom stereocenters. The van der Waals surface area contributed by atoms with Crippen LogP contribution in [0.3, 0.4) is 0 Å². The van der Waals surface area contributed by atoms with Crippen molar-refractivity contribution in [2.45, 2.75) is 50.0 Å². The summed E-state index contributed by atoms with van der Waals surface area (Å²) in [5.74, 6) is 0.636. The molecule has 0 bridgehead atoms. The minimum absolute atomic E-state index is 0.0159. The molecule has 166 valence electrons. The fourth-order valence-corrected chi connectivity index (χ4v) is 5.30. The van der Waals surface area contributed by atoms with E-state index in [1.54, 1.807) is 50.4 Å². The fourth-order valence-electron chi connectivity index (χ4n) is 3.70. The first-order valence-electron chi connectivity index (χ1n) is 10.2. The summed E-state index contributed by atoms with van der Waals surface area (Å²) >= 11 is 0. The number of benzene rings is 2. The Hall–Kier alpha value is -3.07. The highest BCUT2D eigenvalue weighted by molar-refractivity contribution is 7.89. The summed E-state index contributed by atoms with van der Waals surface area (Å²) < 4.78 is 32.5. The van der Waals surface area contributed by atoms with Gasteiger partial charge in [-0.2, -0.15) is 0 Å². The molecule has 31 heavy (non-hydrogen) atoms. The van der Waals surface area contributed by atoms with E-state index in [1.165, 1.54) is 12.1 Å². The van der Waals surface area contributed by atoms with Crippen LogP contribution in [0.15, 0.2) is 53.4 Å². The Morgan fingerprint density at radius 1 is 1.03 bits per heavy atom. The van der Waals surface area contributed by atoms with Crippen molar-refractivity contribution in [2.75, 3.05) is 12.4 Å². The molecule has 0 radical (unpaired) electrons. The van der Waals surface area contributed by atoms with Crippen LogP contribution >= 0.6 is 0 Å². The van der Waals surface area contributed by atoms with Gasteiger partial charge in [0.2, 0.25) is 0 Å². The van der Waals surface area contributed by atoms with Gasteiger partial charge < -0.3 is 10.1 Å². The fraction of sp³-hybridized carbons (Fsp3) is 0.364. The molecule has 1 aliphatic rings. The van der Waals surface area contributed by atoms with E-state index in [2.05, 4.69) is 10.6 Å². The lowest BCUT2D eigenvalue weighted by Gasteiger charge is -2.33. The number of methoxy groups -OCH3 is 1. The smallest absolute Gasteiger partial charge is 0.339 e. The van der Waals surface area contributed by atoms with Gasteiger partial charge in [-0.15, -0.1) is 0 Å². The number of imide groups is 1. The number of ether oxygens (including phenoxy) is 1. The van der Waals surface area contributed by atoms with Crippen LogP contribution in [0.25, 0.3) is 0 Å². The maximum absolute atomic E-state index is 13.3. The van der Waals surface area contributed by atoms with Gasteiger partial charge in [-0.3, -0.25) is 5.32 Å². The second-order valence-electron chi connectivity index (χ2n) is 7.47. The highest BCUT2D eigenvalue weighted by atomic mass is 32.2. The highest BCUT2D eigenvalue weighted by Gasteiger charge is 2.37. The van der Waals surface area contributed by atoms with Gasteiger partial charge in [0.25, 0.3) is 10.0 Å². The van der Waals surface area contributed by atoms with Gasteiger partial charge in [0.15, 0.2) is 0 Å². The number of urea groups is 2. The minimum Gasteiger partial charge on any atom is -0.497 e. The second kappa shape index (κ2) is 9.82. The zero-order valence-corrected chi connectivity index (χ0v) is 18.4. The number of carbonyl (C=O) groups excluding carboxylic acids is 2. The van der Waals surface area contributed by atoms with Gasteiger partial charge in [0.05, 0.1) is 18.0 Å². The summed E-state index contributed by atoms with van der Waals surface area (Å²) in [7, 11) is -2.57. The zero-order chi connectivity index (χ0) is 22.4. The van der Waals surface area contributed by atoms with E-state index in [-0.39, 0.29) is 4.90 Å². The van der Waals surface area contributed by atoms with Crippen LogP contribution in [0.5, 0.6) is 5.75 Å². The van der Waals surface area contributed by atoms with Crippen molar-refractivity contribution in [1.82, 2.24) is 9.62 Å². The molecule has 0 heterocycles. The summed E-state index contributed by atoms with van der Waals surface area (Å²) in [5.41, 5.74) is 1.23. The first kappa shape index (κ1) is 22.6. The lowest BCUT2D eigenvalue weighted by molar-refractivity contribution is 0.199. The van der Waals surface area contributed by atoms with E-state index in [4.69, 9.17) is 4.74 Å². The van der Waals surface area contributed by atoms with Crippen LogP contribution in [0.4, 0.5) is 15.3 Å². The molecule has 0 spiro atoms. The summed E-state index contributed by atoms with van der Waals surface area (Å²) in [6.07, 6.45) is 3.79. The Morgan fingerprint density at radius 2 is 1.71 bits per heavy atom. The Labute approximate surface area is 182 Å². The average molecular weight is 446 g/mol. The van der Waals surface area contributed by atoms with E-state index in [0.717, 1.165) is 29.1 Å². The number of amides is 4. The highest BCUT2D eigenvalue weighted by Crippen LogP contribution is 2.28. The van der Waals surface area contributed by atoms with Crippen LogP contribution in [0, 0.1) is 6.92 Å². The number of carbonyl (C=O) groups is 2. The monoisotopic (exact) mass is 445 g/mol. The number of rotatable bonds is 5. The van der Waals surface area contributed by atoms with Crippen LogP contribution in [-0.4, -0.2) is 37.9 Å². The molecule has 8 nitrogen and oxygen atoms in total. The van der Waals surface area contributed by atoms with Gasteiger partial charge in [-0.25, -0.2) is 22.3 Å². The summed E-state index contributed by atoms with van der Waals surface area (Å²) in [6, 6.07) is 10.6. The van der Waals surface area contributed by atoms with E-state index in [1.807, 2.05) is 0 Å². The second-order valence-corrected chi connectivity index (χ2v) is 9.29. The summed E-state index contributed by atoms with van der Waals surface area (Å²) in [6.45, 7) is 1.79. The quantitative estimate of drug-likeness (QED) is 0.715. The molecule has 2 aromatic rings. The standard InChI is InChI=1S/C22H27N3O5S/c1-16-15-18(30-2)13-14-20(16)23-21(26)24-22(27)25(17-9-5-3-6-10-17)31(28,29)19-11-7-4-8-12-19/h4,7-8,11-15,17H,3,5-6,9-10H2,1-2H3,(H2,23,24,26,27). The Bertz CT molecular complexity index is 1030. The normalized spacial score (nSPS) is 14.5. The van der Waals surface area contributed by atoms with Gasteiger partial charge in [0, 0.05) is 5.69 Å². The molecule has 2 N–H and O–H groups in total. The van der Waals surface area contributed by atoms with Crippen molar-refractivity contribution in [1.29, 1.82) is 0 Å². The molecular weight excluding hydrogens is 418 g/mol. The third-order valence-corrected chi connectivity index (χ3v) is 7.16. The SMILES string of the molecule is COc1ccc(NC(=O)NC(=O)N(C2CCCCC2)S(=O)(=O)c2ccccc2)c(C)c1. The molecule has 4 amide bonds. The van der Waals surface area contributed by atoms with Gasteiger partial charge >= 0.3 is 12.1 Å². The van der Waals surface area contributed by atoms with Crippen molar-refractivity contribution in [3.05, 3.63) is 54.1 Å². The van der Waals surface area contributed by atoms with Crippen molar-refractivity contribution < 1.29 is 22.7 Å². The Morgan fingerprint density at radius 3 is 2.32 bits per heavy atom. The minimum atomic E-state index is -4.11. The van der Waals surface area contributed by atoms with Crippen molar-refractivity contribution >= 4 is 27.8 Å². The number of hydrogen-bond acceptors (Lipinski definition) is 5. The number of sulfonamides is 1. The van der Waals surface area contributed by atoms with E-state index >= 15 is 0 Å². The van der Waals surface area contributed by atoms with E-state index < -0.39 is 28.1 Å². The van der Waals surface area contributed by atoms with Gasteiger partial charge in [0.1, 0.15) is 5.75 Å². The molecule has 1 aliphatic carbocycles. The molecule has 2 aromatic carbocycles. The first-order valence-corrected chi connectivity index (χ1v) is 11.6. The van der Waals surface area contributed by atoms with E-state index in [9.17, 15) is 18.0 Å². The maximum atomic E-state index is 13.3. The molecule has 1 fully saturated rings. The van der Waals surface area contributed by atoms with Gasteiger partial charge in [-0.1, -0.05) is 37.5 Å². The van der Waals surface area contributed by atoms with Crippen molar-refractivity contribution in [3.8, 4) is 5.75 Å². The van der Waals surface area contributed by atoms with E-state index in [0.29, 0.717) is 24.3 Å². The molecule has 0 aliphatic heterocycles. The number of aryl methyl sites for hydroxylation is 1. The molecule has 3 rings (SSSR count). The number of hydrogen-bond donors (Lipinski definition) is 2. The van der Waals surface area contributed by atoms with Crippen LogP contribution < -0.4 is 15.4 Å². The average Bonchev–Trinajstić information content (AvgIpc) is 2.76. The first-order chi connectivity index (χ1) is 14.8. The number of nitrogens with one attached hydrogen (secondary N) is 2. The lowest BCUT2D eigenvalue weighted by atomic mass is 9.96. The summed E-state index contributed by atoms with van der Waals surface area (Å²) in [5, 5.41) is 4.78. The molecular formula is C22H27N3O5S. The molecule has 0 unspecified atom stereocenters. The number of nitrogens with zero attached hydrogens (tertiary/aromatic N) is 1. The van der Waals surface area contributed by atoms with Crippen LogP contribution in [0.1, 0.15) is 37.7 Å². The topological polar surface area (TPSA) is 105 Å². The maximum Gasteiger partial charge on any atom is 0.339 e. The third kappa shape index (κ3) is 5.35. The Kier molecular flexibility index (Phi) is 7.17. The Balaban J connectivity index is 1.81. The molecule has 0 aromatic heterocycles.